The molecule has 4 fully saturated rings. The van der Waals surface area contributed by atoms with Crippen molar-refractivity contribution in [3.63, 3.8) is 0 Å². The van der Waals surface area contributed by atoms with Crippen LogP contribution in [0.3, 0.4) is 0 Å². The van der Waals surface area contributed by atoms with Gasteiger partial charge in [0.15, 0.2) is 0 Å². The van der Waals surface area contributed by atoms with Crippen molar-refractivity contribution in [2.75, 3.05) is 26.2 Å². The highest BCUT2D eigenvalue weighted by Gasteiger charge is 2.43. The molecule has 0 saturated carbocycles. The zero-order valence-corrected chi connectivity index (χ0v) is 17.5. The van der Waals surface area contributed by atoms with Crippen molar-refractivity contribution in [3.8, 4) is 11.8 Å². The SMILES string of the molecule is C(#CC12CCCN1CCC2)c1ncn[nH]1.C(=C/C12CCCN1CCC2)/c1ncn[nH]1. The molecule has 4 aliphatic rings. The molecule has 0 aliphatic carbocycles. The fourth-order valence-corrected chi connectivity index (χ4v) is 5.70. The summed E-state index contributed by atoms with van der Waals surface area (Å²) in [7, 11) is 0. The summed E-state index contributed by atoms with van der Waals surface area (Å²) in [6.07, 6.45) is 17.7. The fraction of sp³-hybridized carbons (Fsp3) is 0.636. The van der Waals surface area contributed by atoms with Crippen molar-refractivity contribution in [2.24, 2.45) is 0 Å². The van der Waals surface area contributed by atoms with Crippen LogP contribution >= 0.6 is 0 Å². The van der Waals surface area contributed by atoms with Gasteiger partial charge in [-0.3, -0.25) is 20.0 Å². The number of aromatic amines is 2. The van der Waals surface area contributed by atoms with E-state index >= 15 is 0 Å². The number of nitrogens with one attached hydrogen (secondary N) is 2. The van der Waals surface area contributed by atoms with Crippen molar-refractivity contribution >= 4 is 6.08 Å². The van der Waals surface area contributed by atoms with Gasteiger partial charge in [0.25, 0.3) is 0 Å². The van der Waals surface area contributed by atoms with E-state index in [9.17, 15) is 0 Å². The molecular weight excluding hydrogens is 376 g/mol. The summed E-state index contributed by atoms with van der Waals surface area (Å²) >= 11 is 0. The molecule has 0 atom stereocenters. The maximum absolute atomic E-state index is 4.12. The van der Waals surface area contributed by atoms with Crippen LogP contribution in [0.15, 0.2) is 18.7 Å². The third-order valence-corrected chi connectivity index (χ3v) is 7.16. The third kappa shape index (κ3) is 3.80. The summed E-state index contributed by atoms with van der Waals surface area (Å²) in [6, 6.07) is 0. The predicted octanol–water partition coefficient (Wildman–Crippen LogP) is 2.23. The van der Waals surface area contributed by atoms with Gasteiger partial charge in [0.05, 0.1) is 5.54 Å². The van der Waals surface area contributed by atoms with E-state index in [2.05, 4.69) is 64.2 Å². The molecule has 4 saturated heterocycles. The number of H-pyrrole nitrogens is 2. The average molecular weight is 407 g/mol. The summed E-state index contributed by atoms with van der Waals surface area (Å²) in [5.74, 6) is 8.06. The second kappa shape index (κ2) is 8.32. The summed E-state index contributed by atoms with van der Waals surface area (Å²) in [5, 5.41) is 13.3. The van der Waals surface area contributed by atoms with Gasteiger partial charge in [0, 0.05) is 5.54 Å². The van der Waals surface area contributed by atoms with Crippen LogP contribution in [-0.2, 0) is 0 Å². The zero-order chi connectivity index (χ0) is 20.3. The average Bonchev–Trinajstić information content (AvgIpc) is 3.56. The molecule has 30 heavy (non-hydrogen) atoms. The second-order valence-electron chi connectivity index (χ2n) is 8.81. The van der Waals surface area contributed by atoms with Gasteiger partial charge in [-0.05, 0) is 89.5 Å². The molecule has 0 spiro atoms. The number of hydrogen-bond donors (Lipinski definition) is 2. The summed E-state index contributed by atoms with van der Waals surface area (Å²) in [4.78, 5) is 13.3. The van der Waals surface area contributed by atoms with E-state index in [4.69, 9.17) is 0 Å². The Balaban J connectivity index is 0.000000128. The molecule has 2 N–H and O–H groups in total. The Hall–Kier alpha value is -2.50. The monoisotopic (exact) mass is 406 g/mol. The minimum Gasteiger partial charge on any atom is -0.294 e. The Morgan fingerprint density at radius 2 is 1.50 bits per heavy atom. The van der Waals surface area contributed by atoms with E-state index < -0.39 is 0 Å². The van der Waals surface area contributed by atoms with E-state index in [-0.39, 0.29) is 5.54 Å². The molecule has 0 amide bonds. The molecule has 6 rings (SSSR count). The number of aromatic nitrogens is 6. The van der Waals surface area contributed by atoms with Crippen LogP contribution in [0.2, 0.25) is 0 Å². The zero-order valence-electron chi connectivity index (χ0n) is 17.5. The summed E-state index contributed by atoms with van der Waals surface area (Å²) in [5.41, 5.74) is 0.500. The number of rotatable bonds is 2. The predicted molar refractivity (Wildman–Crippen MR) is 114 cm³/mol. The van der Waals surface area contributed by atoms with E-state index in [1.165, 1.54) is 83.9 Å². The lowest BCUT2D eigenvalue weighted by Crippen LogP contribution is -2.36. The molecule has 6 heterocycles. The molecule has 158 valence electrons. The van der Waals surface area contributed by atoms with E-state index in [1.54, 1.807) is 6.33 Å². The van der Waals surface area contributed by atoms with E-state index in [0.29, 0.717) is 11.4 Å². The molecule has 2 aromatic heterocycles. The van der Waals surface area contributed by atoms with Crippen LogP contribution in [0.5, 0.6) is 0 Å². The lowest BCUT2D eigenvalue weighted by molar-refractivity contribution is 0.251. The summed E-state index contributed by atoms with van der Waals surface area (Å²) in [6.45, 7) is 4.96. The van der Waals surface area contributed by atoms with Crippen molar-refractivity contribution in [2.45, 2.75) is 62.4 Å². The van der Waals surface area contributed by atoms with Crippen LogP contribution < -0.4 is 0 Å². The lowest BCUT2D eigenvalue weighted by Gasteiger charge is -2.28. The van der Waals surface area contributed by atoms with Gasteiger partial charge in [-0.25, -0.2) is 9.97 Å². The number of nitrogens with zero attached hydrogens (tertiary/aromatic N) is 6. The molecule has 8 nitrogen and oxygen atoms in total. The summed E-state index contributed by atoms with van der Waals surface area (Å²) < 4.78 is 0. The highest BCUT2D eigenvalue weighted by Crippen LogP contribution is 2.40. The van der Waals surface area contributed by atoms with Crippen LogP contribution in [0, 0.1) is 11.8 Å². The Morgan fingerprint density at radius 1 is 0.833 bits per heavy atom. The highest BCUT2D eigenvalue weighted by atomic mass is 15.2. The number of hydrogen-bond acceptors (Lipinski definition) is 6. The largest absolute Gasteiger partial charge is 0.294 e. The topological polar surface area (TPSA) is 89.6 Å². The molecule has 0 radical (unpaired) electrons. The quantitative estimate of drug-likeness (QED) is 0.744. The molecule has 0 unspecified atom stereocenters. The first-order valence-corrected chi connectivity index (χ1v) is 11.2. The van der Waals surface area contributed by atoms with Gasteiger partial charge in [-0.15, -0.1) is 0 Å². The van der Waals surface area contributed by atoms with Gasteiger partial charge >= 0.3 is 0 Å². The molecule has 8 heteroatoms. The Morgan fingerprint density at radius 3 is 2.17 bits per heavy atom. The molecule has 0 bridgehead atoms. The Bertz CT molecular complexity index is 885. The van der Waals surface area contributed by atoms with Gasteiger partial charge in [-0.2, -0.15) is 10.2 Å². The molecule has 2 aromatic rings. The fourth-order valence-electron chi connectivity index (χ4n) is 5.70. The smallest absolute Gasteiger partial charge is 0.200 e. The van der Waals surface area contributed by atoms with Gasteiger partial charge in [-0.1, -0.05) is 12.0 Å². The maximum Gasteiger partial charge on any atom is 0.200 e. The van der Waals surface area contributed by atoms with E-state index in [1.807, 2.05) is 0 Å². The molecular formula is C22H30N8. The maximum atomic E-state index is 4.12. The molecule has 0 aromatic carbocycles. The minimum absolute atomic E-state index is 0.160. The van der Waals surface area contributed by atoms with Crippen molar-refractivity contribution < 1.29 is 0 Å². The Labute approximate surface area is 177 Å². The third-order valence-electron chi connectivity index (χ3n) is 7.16. The van der Waals surface area contributed by atoms with Crippen molar-refractivity contribution in [1.82, 2.24) is 40.2 Å². The normalized spacial score (nSPS) is 24.3. The standard InChI is InChI=1S/C11H16N4.C11H14N4/c2*1-4-11(5-2-8-15(11)7-1)6-3-10-12-9-13-14-10/h3,6,9H,1-2,4-5,7-8H2,(H,12,13,14);9H,1-2,4-5,7-8H2,(H,12,13,14)/b6-3-;. The highest BCUT2D eigenvalue weighted by molar-refractivity contribution is 5.42. The molecule has 4 aliphatic heterocycles. The van der Waals surface area contributed by atoms with Crippen LogP contribution in [-0.4, -0.2) is 77.4 Å². The number of fused-ring (bicyclic) bond motifs is 2. The lowest BCUT2D eigenvalue weighted by atomic mass is 9.93. The van der Waals surface area contributed by atoms with Gasteiger partial charge in [0.2, 0.25) is 5.82 Å². The van der Waals surface area contributed by atoms with Crippen molar-refractivity contribution in [1.29, 1.82) is 0 Å². The van der Waals surface area contributed by atoms with Crippen molar-refractivity contribution in [3.05, 3.63) is 30.4 Å². The van der Waals surface area contributed by atoms with Gasteiger partial charge < -0.3 is 0 Å². The van der Waals surface area contributed by atoms with Crippen LogP contribution in [0.25, 0.3) is 6.08 Å². The van der Waals surface area contributed by atoms with E-state index in [0.717, 1.165) is 5.82 Å². The van der Waals surface area contributed by atoms with Crippen LogP contribution in [0.1, 0.15) is 63.0 Å². The first kappa shape index (κ1) is 19.5. The second-order valence-corrected chi connectivity index (χ2v) is 8.81. The van der Waals surface area contributed by atoms with Crippen LogP contribution in [0.4, 0.5) is 0 Å². The first-order chi connectivity index (χ1) is 14.8. The first-order valence-electron chi connectivity index (χ1n) is 11.2. The Kier molecular flexibility index (Phi) is 5.40. The van der Waals surface area contributed by atoms with Gasteiger partial charge in [0.1, 0.15) is 18.5 Å². The minimum atomic E-state index is 0.160.